The molecule has 0 unspecified atom stereocenters. The molecular formula is C20H28N2O4. The van der Waals surface area contributed by atoms with Crippen LogP contribution in [0.5, 0.6) is 0 Å². The Morgan fingerprint density at radius 3 is 2.73 bits per heavy atom. The number of benzene rings is 1. The first kappa shape index (κ1) is 17.9. The summed E-state index contributed by atoms with van der Waals surface area (Å²) in [7, 11) is 0. The number of fused-ring (bicyclic) bond motifs is 2. The molecule has 4 atom stereocenters. The van der Waals surface area contributed by atoms with Crippen LogP contribution < -0.4 is 10.6 Å². The summed E-state index contributed by atoms with van der Waals surface area (Å²) in [5.41, 5.74) is 2.68. The standard InChI is InChI=1S/C20H28N2O4/c23-16-10-21-18-6-5-17(26-19(18)12-25-11-16)9-20(24)22-15-7-13-3-1-2-4-14(13)8-15/h1-4,15-19,21,23H,5-12H2,(H,22,24)/t16-,17-,18+,19-/m0/s1. The molecule has 0 spiro atoms. The zero-order valence-electron chi connectivity index (χ0n) is 15.0. The van der Waals surface area contributed by atoms with Crippen molar-refractivity contribution < 1.29 is 19.4 Å². The maximum absolute atomic E-state index is 12.5. The molecule has 1 aromatic rings. The molecule has 6 heteroatoms. The summed E-state index contributed by atoms with van der Waals surface area (Å²) in [6.07, 6.45) is 3.44. The molecule has 26 heavy (non-hydrogen) atoms. The number of amides is 1. The van der Waals surface area contributed by atoms with Gasteiger partial charge in [-0.15, -0.1) is 0 Å². The Bertz CT molecular complexity index is 613. The third kappa shape index (κ3) is 4.26. The van der Waals surface area contributed by atoms with Crippen molar-refractivity contribution >= 4 is 5.91 Å². The van der Waals surface area contributed by atoms with Crippen LogP contribution in [0.25, 0.3) is 0 Å². The van der Waals surface area contributed by atoms with Gasteiger partial charge in [-0.1, -0.05) is 24.3 Å². The van der Waals surface area contributed by atoms with Gasteiger partial charge >= 0.3 is 0 Å². The fraction of sp³-hybridized carbons (Fsp3) is 0.650. The number of hydrogen-bond acceptors (Lipinski definition) is 5. The lowest BCUT2D eigenvalue weighted by molar-refractivity contribution is -0.138. The normalized spacial score (nSPS) is 32.2. The first-order valence-electron chi connectivity index (χ1n) is 9.68. The predicted molar refractivity (Wildman–Crippen MR) is 96.9 cm³/mol. The van der Waals surface area contributed by atoms with Crippen LogP contribution in [0.15, 0.2) is 24.3 Å². The Labute approximate surface area is 154 Å². The van der Waals surface area contributed by atoms with E-state index in [-0.39, 0.29) is 30.2 Å². The molecule has 4 rings (SSSR count). The molecular weight excluding hydrogens is 332 g/mol. The smallest absolute Gasteiger partial charge is 0.222 e. The number of hydrogen-bond donors (Lipinski definition) is 3. The molecule has 2 aliphatic heterocycles. The molecule has 6 nitrogen and oxygen atoms in total. The summed E-state index contributed by atoms with van der Waals surface area (Å²) < 4.78 is 11.7. The van der Waals surface area contributed by atoms with Crippen LogP contribution in [0.3, 0.4) is 0 Å². The first-order chi connectivity index (χ1) is 12.7. The fourth-order valence-electron chi connectivity index (χ4n) is 4.32. The van der Waals surface area contributed by atoms with Crippen molar-refractivity contribution in [2.75, 3.05) is 19.8 Å². The number of aliphatic hydroxyl groups is 1. The lowest BCUT2D eigenvalue weighted by Crippen LogP contribution is -2.54. The van der Waals surface area contributed by atoms with Crippen LogP contribution in [0.4, 0.5) is 0 Å². The van der Waals surface area contributed by atoms with Gasteiger partial charge in [0.2, 0.25) is 5.91 Å². The van der Waals surface area contributed by atoms with Gasteiger partial charge in [0.05, 0.1) is 37.9 Å². The highest BCUT2D eigenvalue weighted by Crippen LogP contribution is 2.25. The van der Waals surface area contributed by atoms with E-state index in [0.717, 1.165) is 25.7 Å². The highest BCUT2D eigenvalue weighted by atomic mass is 16.5. The molecule has 2 heterocycles. The second kappa shape index (κ2) is 8.05. The summed E-state index contributed by atoms with van der Waals surface area (Å²) in [6, 6.07) is 8.78. The third-order valence-corrected chi connectivity index (χ3v) is 5.65. The van der Waals surface area contributed by atoms with Gasteiger partial charge in [-0.25, -0.2) is 0 Å². The van der Waals surface area contributed by atoms with Crippen molar-refractivity contribution in [3.05, 3.63) is 35.4 Å². The number of carbonyl (C=O) groups is 1. The van der Waals surface area contributed by atoms with Crippen LogP contribution in [0.2, 0.25) is 0 Å². The van der Waals surface area contributed by atoms with Crippen LogP contribution in [-0.2, 0) is 27.1 Å². The van der Waals surface area contributed by atoms with Gasteiger partial charge < -0.3 is 25.2 Å². The maximum Gasteiger partial charge on any atom is 0.222 e. The van der Waals surface area contributed by atoms with Gasteiger partial charge in [-0.3, -0.25) is 4.79 Å². The van der Waals surface area contributed by atoms with E-state index in [1.807, 2.05) is 0 Å². The Morgan fingerprint density at radius 2 is 1.96 bits per heavy atom. The second-order valence-corrected chi connectivity index (χ2v) is 7.73. The van der Waals surface area contributed by atoms with Crippen LogP contribution in [0.1, 0.15) is 30.4 Å². The fourth-order valence-corrected chi connectivity index (χ4v) is 4.32. The largest absolute Gasteiger partial charge is 0.389 e. The molecule has 0 bridgehead atoms. The Morgan fingerprint density at radius 1 is 1.19 bits per heavy atom. The predicted octanol–water partition coefficient (Wildman–Crippen LogP) is 0.557. The minimum Gasteiger partial charge on any atom is -0.389 e. The molecule has 1 aromatic carbocycles. The average molecular weight is 360 g/mol. The van der Waals surface area contributed by atoms with Gasteiger partial charge in [-0.05, 0) is 36.8 Å². The number of nitrogens with one attached hydrogen (secondary N) is 2. The quantitative estimate of drug-likeness (QED) is 0.734. The molecule has 0 aromatic heterocycles. The molecule has 0 radical (unpaired) electrons. The van der Waals surface area contributed by atoms with Crippen molar-refractivity contribution in [2.45, 2.75) is 62.5 Å². The van der Waals surface area contributed by atoms with Crippen molar-refractivity contribution in [1.82, 2.24) is 10.6 Å². The summed E-state index contributed by atoms with van der Waals surface area (Å²) >= 11 is 0. The van der Waals surface area contributed by atoms with Gasteiger partial charge in [0.15, 0.2) is 0 Å². The lowest BCUT2D eigenvalue weighted by atomic mass is 9.96. The van der Waals surface area contributed by atoms with Gasteiger partial charge in [0.1, 0.15) is 0 Å². The van der Waals surface area contributed by atoms with Crippen LogP contribution in [-0.4, -0.2) is 61.2 Å². The zero-order valence-corrected chi connectivity index (χ0v) is 15.0. The van der Waals surface area contributed by atoms with E-state index in [1.165, 1.54) is 11.1 Å². The molecule has 3 N–H and O–H groups in total. The van der Waals surface area contributed by atoms with E-state index in [1.54, 1.807) is 0 Å². The highest BCUT2D eigenvalue weighted by molar-refractivity contribution is 5.77. The van der Waals surface area contributed by atoms with Gasteiger partial charge in [0, 0.05) is 18.6 Å². The van der Waals surface area contributed by atoms with Crippen molar-refractivity contribution in [3.8, 4) is 0 Å². The number of β-amino-alcohol motifs (C(OH)–C–C–N with tert-alkyl or cyclic N) is 1. The number of aliphatic hydroxyl groups excluding tert-OH is 1. The zero-order chi connectivity index (χ0) is 17.9. The van der Waals surface area contributed by atoms with Gasteiger partial charge in [0.25, 0.3) is 0 Å². The second-order valence-electron chi connectivity index (χ2n) is 7.73. The third-order valence-electron chi connectivity index (χ3n) is 5.65. The summed E-state index contributed by atoms with van der Waals surface area (Å²) in [4.78, 5) is 12.5. The minimum atomic E-state index is -0.463. The number of carbonyl (C=O) groups excluding carboxylic acids is 1. The van der Waals surface area contributed by atoms with Crippen LogP contribution >= 0.6 is 0 Å². The first-order valence-corrected chi connectivity index (χ1v) is 9.68. The molecule has 1 aliphatic carbocycles. The summed E-state index contributed by atoms with van der Waals surface area (Å²) in [5, 5.41) is 16.2. The Balaban J connectivity index is 1.25. The van der Waals surface area contributed by atoms with Crippen molar-refractivity contribution in [3.63, 3.8) is 0 Å². The maximum atomic E-state index is 12.5. The SMILES string of the molecule is O=C(C[C@@H]1CC[C@H]2NC[C@H](O)COC[C@@H]2O1)NC1Cc2ccccc2C1. The van der Waals surface area contributed by atoms with E-state index in [9.17, 15) is 9.90 Å². The molecule has 2 saturated heterocycles. The Hall–Kier alpha value is -1.47. The van der Waals surface area contributed by atoms with Crippen molar-refractivity contribution in [2.24, 2.45) is 0 Å². The Kier molecular flexibility index (Phi) is 5.55. The van der Waals surface area contributed by atoms with E-state index >= 15 is 0 Å². The minimum absolute atomic E-state index is 0.0511. The van der Waals surface area contributed by atoms with Crippen LogP contribution in [0, 0.1) is 0 Å². The molecule has 142 valence electrons. The summed E-state index contributed by atoms with van der Waals surface area (Å²) in [5.74, 6) is 0.0707. The van der Waals surface area contributed by atoms with E-state index in [2.05, 4.69) is 34.9 Å². The number of ether oxygens (including phenoxy) is 2. The molecule has 2 fully saturated rings. The van der Waals surface area contributed by atoms with Gasteiger partial charge in [-0.2, -0.15) is 0 Å². The van der Waals surface area contributed by atoms with Crippen molar-refractivity contribution in [1.29, 1.82) is 0 Å². The molecule has 3 aliphatic rings. The van der Waals surface area contributed by atoms with E-state index < -0.39 is 6.10 Å². The monoisotopic (exact) mass is 360 g/mol. The molecule has 1 amide bonds. The topological polar surface area (TPSA) is 79.8 Å². The lowest BCUT2D eigenvalue weighted by Gasteiger charge is -2.38. The van der Waals surface area contributed by atoms with E-state index in [0.29, 0.717) is 26.2 Å². The summed E-state index contributed by atoms with van der Waals surface area (Å²) in [6.45, 7) is 1.32. The number of rotatable bonds is 3. The molecule has 0 saturated carbocycles. The average Bonchev–Trinajstić information content (AvgIpc) is 3.01. The van der Waals surface area contributed by atoms with E-state index in [4.69, 9.17) is 9.47 Å². The highest BCUT2D eigenvalue weighted by Gasteiger charge is 2.34.